The Morgan fingerprint density at radius 3 is 2.31 bits per heavy atom. The number of oxazole rings is 1. The van der Waals surface area contributed by atoms with E-state index in [0.29, 0.717) is 69.3 Å². The van der Waals surface area contributed by atoms with Crippen molar-refractivity contribution in [2.24, 2.45) is 13.0 Å². The maximum Gasteiger partial charge on any atom is 0.419 e. The van der Waals surface area contributed by atoms with E-state index in [9.17, 15) is 24.0 Å². The van der Waals surface area contributed by atoms with Crippen molar-refractivity contribution in [2.75, 3.05) is 57.7 Å². The van der Waals surface area contributed by atoms with Crippen LogP contribution in [-0.2, 0) is 39.0 Å². The lowest BCUT2D eigenvalue weighted by atomic mass is 9.93. The second-order valence-corrected chi connectivity index (χ2v) is 15.5. The number of ether oxygens (including phenoxy) is 2. The lowest BCUT2D eigenvalue weighted by Gasteiger charge is -2.42. The Kier molecular flexibility index (Phi) is 11.8. The second-order valence-electron chi connectivity index (χ2n) is 15.5. The van der Waals surface area contributed by atoms with E-state index in [2.05, 4.69) is 10.2 Å². The molecule has 4 aliphatic heterocycles. The number of carbonyl (C=O) groups excluding carboxylic acids is 4. The van der Waals surface area contributed by atoms with Crippen LogP contribution in [0, 0.1) is 12.8 Å². The lowest BCUT2D eigenvalue weighted by Crippen LogP contribution is -2.53. The summed E-state index contributed by atoms with van der Waals surface area (Å²) < 4.78 is 18.4. The minimum Gasteiger partial charge on any atom is -0.465 e. The zero-order valence-corrected chi connectivity index (χ0v) is 32.3. The number of benzene rings is 2. The zero-order chi connectivity index (χ0) is 38.6. The van der Waals surface area contributed by atoms with Crippen LogP contribution in [0.1, 0.15) is 68.6 Å². The van der Waals surface area contributed by atoms with Gasteiger partial charge in [0.25, 0.3) is 5.91 Å². The quantitative estimate of drug-likeness (QED) is 0.307. The summed E-state index contributed by atoms with van der Waals surface area (Å²) in [5, 5.41) is 3.04. The molecule has 5 heterocycles. The van der Waals surface area contributed by atoms with Gasteiger partial charge in [0.05, 0.1) is 18.0 Å². The van der Waals surface area contributed by atoms with Gasteiger partial charge >= 0.3 is 23.8 Å². The molecule has 3 aromatic rings. The van der Waals surface area contributed by atoms with Crippen molar-refractivity contribution in [1.82, 2.24) is 24.2 Å². The van der Waals surface area contributed by atoms with Crippen LogP contribution < -0.4 is 11.1 Å². The van der Waals surface area contributed by atoms with Crippen LogP contribution in [0.15, 0.2) is 45.6 Å². The number of aromatic nitrogens is 1. The van der Waals surface area contributed by atoms with Gasteiger partial charge in [0.15, 0.2) is 11.7 Å². The SMILES string of the molecule is CCCOC(=O)C1CCN(C2CCN(C(=O)[C@@H](Cc3cc(C)c4c(c3)oc(=O)n4C)OC(=O)N3CCC(N4CCc5ccccc5NC4=O)CC3)CC2)CC1. The van der Waals surface area contributed by atoms with Gasteiger partial charge in [0.2, 0.25) is 0 Å². The molecular weight excluding hydrogens is 704 g/mol. The molecule has 0 unspecified atom stereocenters. The number of piperidine rings is 3. The highest BCUT2D eigenvalue weighted by Crippen LogP contribution is 2.28. The van der Waals surface area contributed by atoms with Crippen LogP contribution in [0.2, 0.25) is 0 Å². The number of carbonyl (C=O) groups is 4. The van der Waals surface area contributed by atoms with Crippen LogP contribution in [0.25, 0.3) is 11.1 Å². The van der Waals surface area contributed by atoms with Crippen LogP contribution in [0.5, 0.6) is 0 Å². The number of anilines is 1. The first kappa shape index (κ1) is 38.4. The number of amides is 4. The summed E-state index contributed by atoms with van der Waals surface area (Å²) in [4.78, 5) is 73.7. The molecule has 3 saturated heterocycles. The smallest absolute Gasteiger partial charge is 0.419 e. The fourth-order valence-electron chi connectivity index (χ4n) is 8.86. The van der Waals surface area contributed by atoms with Crippen molar-refractivity contribution in [3.63, 3.8) is 0 Å². The summed E-state index contributed by atoms with van der Waals surface area (Å²) in [5.41, 5.74) is 4.60. The number of esters is 1. The van der Waals surface area contributed by atoms with Crippen molar-refractivity contribution in [3.8, 4) is 0 Å². The van der Waals surface area contributed by atoms with E-state index in [1.54, 1.807) is 22.9 Å². The van der Waals surface area contributed by atoms with Crippen molar-refractivity contribution >= 4 is 40.8 Å². The molecule has 55 heavy (non-hydrogen) atoms. The summed E-state index contributed by atoms with van der Waals surface area (Å²) in [6, 6.07) is 11.7. The summed E-state index contributed by atoms with van der Waals surface area (Å²) in [6.07, 6.45) is 4.42. The average Bonchev–Trinajstić information content (AvgIpc) is 3.38. The molecule has 296 valence electrons. The highest BCUT2D eigenvalue weighted by Gasteiger charge is 2.37. The molecule has 14 nitrogen and oxygen atoms in total. The van der Waals surface area contributed by atoms with Gasteiger partial charge in [-0.2, -0.15) is 0 Å². The maximum atomic E-state index is 14.3. The van der Waals surface area contributed by atoms with Gasteiger partial charge in [0, 0.05) is 64.0 Å². The Balaban J connectivity index is 0.988. The molecule has 0 saturated carbocycles. The zero-order valence-electron chi connectivity index (χ0n) is 32.3. The molecule has 0 radical (unpaired) electrons. The first-order valence-corrected chi connectivity index (χ1v) is 20.0. The Hall–Kier alpha value is -4.85. The minimum atomic E-state index is -1.08. The summed E-state index contributed by atoms with van der Waals surface area (Å²) in [7, 11) is 1.66. The van der Waals surface area contributed by atoms with E-state index in [4.69, 9.17) is 13.9 Å². The Labute approximate surface area is 321 Å². The van der Waals surface area contributed by atoms with Gasteiger partial charge in [-0.25, -0.2) is 14.4 Å². The molecule has 7 rings (SSSR count). The number of fused-ring (bicyclic) bond motifs is 2. The van der Waals surface area contributed by atoms with E-state index in [1.165, 1.54) is 4.57 Å². The Morgan fingerprint density at radius 1 is 0.891 bits per heavy atom. The predicted molar refractivity (Wildman–Crippen MR) is 206 cm³/mol. The van der Waals surface area contributed by atoms with E-state index < -0.39 is 18.0 Å². The van der Waals surface area contributed by atoms with E-state index >= 15 is 0 Å². The molecule has 0 spiro atoms. The number of para-hydroxylation sites is 1. The molecule has 0 aliphatic carbocycles. The molecule has 4 amide bonds. The topological polar surface area (TPSA) is 147 Å². The van der Waals surface area contributed by atoms with Crippen molar-refractivity contribution in [2.45, 2.75) is 89.8 Å². The third-order valence-corrected chi connectivity index (χ3v) is 12.0. The maximum absolute atomic E-state index is 14.3. The van der Waals surface area contributed by atoms with E-state index in [-0.39, 0.29) is 36.3 Å². The second kappa shape index (κ2) is 16.9. The molecular formula is C41H54N6O8. The van der Waals surface area contributed by atoms with Crippen LogP contribution >= 0.6 is 0 Å². The largest absolute Gasteiger partial charge is 0.465 e. The molecule has 4 aliphatic rings. The number of nitrogens with one attached hydrogen (secondary N) is 1. The predicted octanol–water partition coefficient (Wildman–Crippen LogP) is 4.70. The highest BCUT2D eigenvalue weighted by atomic mass is 16.6. The van der Waals surface area contributed by atoms with Crippen LogP contribution in [0.4, 0.5) is 15.3 Å². The molecule has 0 bridgehead atoms. The van der Waals surface area contributed by atoms with Gasteiger partial charge in [-0.05, 0) is 100 Å². The first-order valence-electron chi connectivity index (χ1n) is 20.0. The third kappa shape index (κ3) is 8.53. The Bertz CT molecular complexity index is 1930. The molecule has 1 aromatic heterocycles. The molecule has 2 aromatic carbocycles. The average molecular weight is 759 g/mol. The highest BCUT2D eigenvalue weighted by molar-refractivity contribution is 5.91. The molecule has 1 atom stereocenters. The normalized spacial score (nSPS) is 19.8. The summed E-state index contributed by atoms with van der Waals surface area (Å²) in [5.74, 6) is -0.855. The molecule has 1 N–H and O–H groups in total. The third-order valence-electron chi connectivity index (χ3n) is 12.0. The number of hydrogen-bond acceptors (Lipinski definition) is 9. The number of aryl methyl sites for hydroxylation is 2. The summed E-state index contributed by atoms with van der Waals surface area (Å²) >= 11 is 0. The first-order chi connectivity index (χ1) is 26.6. The number of hydrogen-bond donors (Lipinski definition) is 1. The number of urea groups is 1. The van der Waals surface area contributed by atoms with Crippen molar-refractivity contribution < 1.29 is 33.1 Å². The summed E-state index contributed by atoms with van der Waals surface area (Å²) in [6.45, 7) is 8.48. The standard InChI is InChI=1S/C41H54N6O8/c1-4-23-53-38(49)30-9-16-44(17-10-30)31-12-18-45(19-13-31)37(48)35(26-28-24-27(2)36-34(25-28)54-40(51)43(36)3)55-41(52)46-20-14-32(15-21-46)47-22-11-29-7-5-6-8-33(29)42-39(47)50/h5-8,24-25,30-32,35H,4,9-23,26H2,1-3H3,(H,42,50)/t35-/m1/s1. The Morgan fingerprint density at radius 2 is 1.58 bits per heavy atom. The number of rotatable bonds is 9. The fraction of sp³-hybridized carbons (Fsp3) is 0.585. The minimum absolute atomic E-state index is 0.0204. The molecule has 14 heteroatoms. The molecule has 3 fully saturated rings. The van der Waals surface area contributed by atoms with E-state index in [1.807, 2.05) is 49.1 Å². The van der Waals surface area contributed by atoms with Crippen molar-refractivity contribution in [1.29, 1.82) is 0 Å². The number of likely N-dealkylation sites (tertiary alicyclic amines) is 3. The fourth-order valence-corrected chi connectivity index (χ4v) is 8.86. The van der Waals surface area contributed by atoms with Crippen LogP contribution in [-0.4, -0.2) is 119 Å². The van der Waals surface area contributed by atoms with Crippen molar-refractivity contribution in [3.05, 3.63) is 63.6 Å². The van der Waals surface area contributed by atoms with Crippen LogP contribution in [0.3, 0.4) is 0 Å². The van der Waals surface area contributed by atoms with Gasteiger partial charge < -0.3 is 38.8 Å². The lowest BCUT2D eigenvalue weighted by molar-refractivity contribution is -0.151. The van der Waals surface area contributed by atoms with Gasteiger partial charge in [-0.3, -0.25) is 14.2 Å². The monoisotopic (exact) mass is 758 g/mol. The number of nitrogens with zero attached hydrogens (tertiary/aromatic N) is 5. The van der Waals surface area contributed by atoms with Gasteiger partial charge in [-0.15, -0.1) is 0 Å². The van der Waals surface area contributed by atoms with Gasteiger partial charge in [0.1, 0.15) is 0 Å². The van der Waals surface area contributed by atoms with Gasteiger partial charge in [-0.1, -0.05) is 31.2 Å². The van der Waals surface area contributed by atoms with E-state index in [0.717, 1.165) is 74.0 Å².